The van der Waals surface area contributed by atoms with Gasteiger partial charge in [-0.05, 0) is 44.9 Å². The largest absolute Gasteiger partial charge is 0.673 e. The van der Waals surface area contributed by atoms with Crippen LogP contribution in [0.5, 0.6) is 0 Å². The summed E-state index contributed by atoms with van der Waals surface area (Å²) >= 11 is 0. The lowest BCUT2D eigenvalue weighted by Gasteiger charge is -2.38. The standard InChI is InChI=1S/C24H52N2O5Si.BF4/c1-7-15-26(16-8-2,17-9-3)18-22-28-24(27)25-14-13-23-32(29-19-10-4,30-20-11-5)31-21-12-6;2-1(3,4)5/h7-23H2,1-6H3;/q;-1/p+1. The average Bonchev–Trinajstić information content (AvgIpc) is 2.82. The molecule has 7 nitrogen and oxygen atoms in total. The molecule has 224 valence electrons. The van der Waals surface area contributed by atoms with Gasteiger partial charge >= 0.3 is 22.2 Å². The molecule has 0 rings (SSSR count). The Bertz CT molecular complexity index is 507. The van der Waals surface area contributed by atoms with Crippen molar-refractivity contribution in [3.05, 3.63) is 0 Å². The van der Waals surface area contributed by atoms with Gasteiger partial charge in [0.05, 0.1) is 19.6 Å². The van der Waals surface area contributed by atoms with E-state index >= 15 is 0 Å². The molecule has 1 amide bonds. The normalized spacial score (nSPS) is 12.2. The van der Waals surface area contributed by atoms with Crippen molar-refractivity contribution >= 4 is 22.2 Å². The molecule has 0 aliphatic rings. The van der Waals surface area contributed by atoms with Crippen LogP contribution in [0.15, 0.2) is 0 Å². The minimum absolute atomic E-state index is 0.335. The Morgan fingerprint density at radius 3 is 1.46 bits per heavy atom. The number of carbonyl (C=O) groups excluding carboxylic acids is 1. The molecule has 0 aromatic carbocycles. The fourth-order valence-electron chi connectivity index (χ4n) is 4.09. The zero-order valence-corrected chi connectivity index (χ0v) is 25.1. The van der Waals surface area contributed by atoms with Gasteiger partial charge in [-0.1, -0.05) is 41.5 Å². The maximum atomic E-state index is 12.2. The molecular formula is C24H53BF4N2O5Si. The van der Waals surface area contributed by atoms with Crippen LogP contribution in [-0.2, 0) is 18.0 Å². The fourth-order valence-corrected chi connectivity index (χ4v) is 6.92. The zero-order chi connectivity index (χ0) is 28.6. The lowest BCUT2D eigenvalue weighted by Crippen LogP contribution is -2.52. The van der Waals surface area contributed by atoms with Crippen LogP contribution < -0.4 is 5.32 Å². The number of alkyl carbamates (subject to hydrolysis) is 1. The molecule has 13 heteroatoms. The van der Waals surface area contributed by atoms with Crippen LogP contribution in [0.1, 0.15) is 86.5 Å². The first-order valence-electron chi connectivity index (χ1n) is 14.0. The van der Waals surface area contributed by atoms with Gasteiger partial charge in [-0.2, -0.15) is 0 Å². The maximum absolute atomic E-state index is 12.2. The number of halogens is 4. The Hall–Kier alpha value is -0.888. The van der Waals surface area contributed by atoms with Crippen LogP contribution in [0.25, 0.3) is 0 Å². The van der Waals surface area contributed by atoms with Crippen LogP contribution in [0, 0.1) is 0 Å². The average molecular weight is 565 g/mol. The van der Waals surface area contributed by atoms with E-state index in [0.29, 0.717) is 39.0 Å². The maximum Gasteiger partial charge on any atom is 0.673 e. The van der Waals surface area contributed by atoms with Gasteiger partial charge < -0.3 is 45.1 Å². The lowest BCUT2D eigenvalue weighted by molar-refractivity contribution is -0.928. The van der Waals surface area contributed by atoms with Crippen LogP contribution >= 0.6 is 0 Å². The number of quaternary nitrogens is 1. The monoisotopic (exact) mass is 564 g/mol. The Labute approximate surface area is 224 Å². The molecule has 0 fully saturated rings. The summed E-state index contributed by atoms with van der Waals surface area (Å²) < 4.78 is 63.9. The topological polar surface area (TPSA) is 66.0 Å². The van der Waals surface area contributed by atoms with E-state index in [2.05, 4.69) is 46.9 Å². The van der Waals surface area contributed by atoms with E-state index in [1.807, 2.05) is 0 Å². The van der Waals surface area contributed by atoms with Crippen LogP contribution in [0.4, 0.5) is 22.1 Å². The number of hydrogen-bond acceptors (Lipinski definition) is 5. The molecule has 0 unspecified atom stereocenters. The smallest absolute Gasteiger partial charge is 0.444 e. The molecule has 0 heterocycles. The molecule has 0 spiro atoms. The van der Waals surface area contributed by atoms with Crippen molar-refractivity contribution in [3.63, 3.8) is 0 Å². The zero-order valence-electron chi connectivity index (χ0n) is 24.1. The molecular weight excluding hydrogens is 511 g/mol. The SMILES string of the molecule is CCCO[Si](CCCNC(=O)OCC[N+](CCC)(CCC)CCC)(OCCC)OCCC.F[B-](F)(F)F. The molecule has 0 aliphatic heterocycles. The second-order valence-electron chi connectivity index (χ2n) is 9.13. The highest BCUT2D eigenvalue weighted by Crippen LogP contribution is 2.19. The third kappa shape index (κ3) is 22.8. The quantitative estimate of drug-likeness (QED) is 0.0689. The van der Waals surface area contributed by atoms with Gasteiger partial charge in [-0.25, -0.2) is 4.79 Å². The highest BCUT2D eigenvalue weighted by Gasteiger charge is 2.40. The molecule has 0 bridgehead atoms. The third-order valence-electron chi connectivity index (χ3n) is 5.40. The Morgan fingerprint density at radius 2 is 1.11 bits per heavy atom. The summed E-state index contributed by atoms with van der Waals surface area (Å²) in [7, 11) is -8.70. The molecule has 1 N–H and O–H groups in total. The number of nitrogens with one attached hydrogen (secondary N) is 1. The van der Waals surface area contributed by atoms with Gasteiger partial charge in [-0.3, -0.25) is 0 Å². The second-order valence-corrected chi connectivity index (χ2v) is 11.9. The van der Waals surface area contributed by atoms with Crippen molar-refractivity contribution in [1.82, 2.24) is 5.32 Å². The molecule has 0 saturated heterocycles. The van der Waals surface area contributed by atoms with E-state index in [0.717, 1.165) is 75.6 Å². The molecule has 0 aliphatic carbocycles. The summed E-state index contributed by atoms with van der Waals surface area (Å²) in [6.07, 6.45) is 6.65. The Kier molecular flexibility index (Phi) is 23.8. The van der Waals surface area contributed by atoms with E-state index < -0.39 is 16.1 Å². The number of ether oxygens (including phenoxy) is 1. The van der Waals surface area contributed by atoms with Gasteiger partial charge in [0.2, 0.25) is 0 Å². The summed E-state index contributed by atoms with van der Waals surface area (Å²) in [4.78, 5) is 12.2. The first-order valence-corrected chi connectivity index (χ1v) is 15.9. The summed E-state index contributed by atoms with van der Waals surface area (Å²) in [5.41, 5.74) is 0. The van der Waals surface area contributed by atoms with Crippen molar-refractivity contribution in [2.45, 2.75) is 92.5 Å². The summed E-state index contributed by atoms with van der Waals surface area (Å²) in [5, 5.41) is 2.89. The first-order chi connectivity index (χ1) is 17.5. The first kappa shape index (κ1) is 38.3. The minimum Gasteiger partial charge on any atom is -0.444 e. The molecule has 0 radical (unpaired) electrons. The number of amides is 1. The lowest BCUT2D eigenvalue weighted by atomic mass is 10.2. The highest BCUT2D eigenvalue weighted by molar-refractivity contribution is 6.60. The van der Waals surface area contributed by atoms with E-state index in [1.54, 1.807) is 0 Å². The highest BCUT2D eigenvalue weighted by atomic mass is 28.4. The van der Waals surface area contributed by atoms with Gasteiger partial charge in [0.25, 0.3) is 0 Å². The number of hydrogen-bond donors (Lipinski definition) is 1. The predicted molar refractivity (Wildman–Crippen MR) is 144 cm³/mol. The van der Waals surface area contributed by atoms with E-state index in [-0.39, 0.29) is 6.09 Å². The number of rotatable bonds is 22. The van der Waals surface area contributed by atoms with Gasteiger partial charge in [0.1, 0.15) is 13.2 Å². The molecule has 0 saturated carbocycles. The Balaban J connectivity index is 0. The summed E-state index contributed by atoms with van der Waals surface area (Å²) in [5.74, 6) is 0. The van der Waals surface area contributed by atoms with Crippen LogP contribution in [0.2, 0.25) is 6.04 Å². The Morgan fingerprint density at radius 1 is 0.703 bits per heavy atom. The molecule has 0 aromatic rings. The van der Waals surface area contributed by atoms with Crippen LogP contribution in [0.3, 0.4) is 0 Å². The minimum atomic E-state index is -6.00. The van der Waals surface area contributed by atoms with Crippen molar-refractivity contribution in [2.75, 3.05) is 59.2 Å². The van der Waals surface area contributed by atoms with Gasteiger partial charge in [-0.15, -0.1) is 0 Å². The van der Waals surface area contributed by atoms with Gasteiger partial charge in [0.15, 0.2) is 0 Å². The van der Waals surface area contributed by atoms with Crippen molar-refractivity contribution in [2.24, 2.45) is 0 Å². The molecule has 0 aromatic heterocycles. The van der Waals surface area contributed by atoms with E-state index in [1.165, 1.54) is 0 Å². The second kappa shape index (κ2) is 23.0. The van der Waals surface area contributed by atoms with Crippen molar-refractivity contribution in [1.29, 1.82) is 0 Å². The summed E-state index contributed by atoms with van der Waals surface area (Å²) in [6.45, 7) is 20.2. The fraction of sp³-hybridized carbons (Fsp3) is 0.958. The number of nitrogens with zero attached hydrogens (tertiary/aromatic N) is 1. The molecule has 37 heavy (non-hydrogen) atoms. The third-order valence-corrected chi connectivity index (χ3v) is 8.30. The van der Waals surface area contributed by atoms with E-state index in [9.17, 15) is 22.1 Å². The molecule has 0 atom stereocenters. The van der Waals surface area contributed by atoms with E-state index in [4.69, 9.17) is 18.0 Å². The van der Waals surface area contributed by atoms with Crippen molar-refractivity contribution < 1.29 is 44.6 Å². The predicted octanol–water partition coefficient (Wildman–Crippen LogP) is 6.67. The van der Waals surface area contributed by atoms with Crippen molar-refractivity contribution in [3.8, 4) is 0 Å². The van der Waals surface area contributed by atoms with Gasteiger partial charge in [0, 0.05) is 32.4 Å². The number of carbonyl (C=O) groups is 1. The summed E-state index contributed by atoms with van der Waals surface area (Å²) in [6, 6.07) is 0.705. The van der Waals surface area contributed by atoms with Crippen LogP contribution in [-0.4, -0.2) is 85.8 Å².